The summed E-state index contributed by atoms with van der Waals surface area (Å²) in [7, 11) is -1.07. The average molecular weight is 142 g/mol. The van der Waals surface area contributed by atoms with Gasteiger partial charge in [0.2, 0.25) is 0 Å². The van der Waals surface area contributed by atoms with Gasteiger partial charge in [0.1, 0.15) is 0 Å². The minimum atomic E-state index is -1.07. The first-order chi connectivity index (χ1) is 4.74. The van der Waals surface area contributed by atoms with Crippen LogP contribution in [0.15, 0.2) is 0 Å². The lowest BCUT2D eigenvalue weighted by atomic mass is 9.71. The second-order valence-electron chi connectivity index (χ2n) is 3.26. The SMILES string of the molecule is CCC1CCC(B(O)O)C1. The quantitative estimate of drug-likeness (QED) is 0.565. The van der Waals surface area contributed by atoms with Crippen LogP contribution in [0, 0.1) is 5.92 Å². The van der Waals surface area contributed by atoms with Gasteiger partial charge in [-0.05, 0) is 18.2 Å². The summed E-state index contributed by atoms with van der Waals surface area (Å²) in [5.74, 6) is 0.900. The van der Waals surface area contributed by atoms with Crippen molar-refractivity contribution >= 4 is 7.12 Å². The standard InChI is InChI=1S/C7H15BO2/c1-2-6-3-4-7(5-6)8(9)10/h6-7,9-10H,2-5H2,1H3. The molecule has 2 unspecified atom stereocenters. The summed E-state index contributed by atoms with van der Waals surface area (Å²) >= 11 is 0. The van der Waals surface area contributed by atoms with Crippen molar-refractivity contribution in [3.05, 3.63) is 0 Å². The minimum Gasteiger partial charge on any atom is -0.427 e. The van der Waals surface area contributed by atoms with Crippen LogP contribution in [0.1, 0.15) is 32.6 Å². The van der Waals surface area contributed by atoms with E-state index in [9.17, 15) is 0 Å². The van der Waals surface area contributed by atoms with Crippen molar-refractivity contribution < 1.29 is 10.0 Å². The van der Waals surface area contributed by atoms with Gasteiger partial charge in [-0.1, -0.05) is 26.2 Å². The highest BCUT2D eigenvalue weighted by atomic mass is 16.4. The molecule has 2 atom stereocenters. The highest BCUT2D eigenvalue weighted by Crippen LogP contribution is 2.37. The molecule has 0 bridgehead atoms. The van der Waals surface area contributed by atoms with Crippen molar-refractivity contribution in [3.8, 4) is 0 Å². The third-order valence-electron chi connectivity index (χ3n) is 2.58. The molecule has 3 heteroatoms. The molecule has 1 aliphatic carbocycles. The summed E-state index contributed by atoms with van der Waals surface area (Å²) in [6.07, 6.45) is 4.37. The molecule has 1 aliphatic rings. The molecule has 2 N–H and O–H groups in total. The third kappa shape index (κ3) is 1.73. The van der Waals surface area contributed by atoms with E-state index in [1.54, 1.807) is 0 Å². The maximum Gasteiger partial charge on any atom is 0.454 e. The Kier molecular flexibility index (Phi) is 2.75. The first-order valence-corrected chi connectivity index (χ1v) is 4.10. The van der Waals surface area contributed by atoms with E-state index in [0.717, 1.165) is 18.8 Å². The number of hydrogen-bond donors (Lipinski definition) is 2. The van der Waals surface area contributed by atoms with Crippen molar-refractivity contribution in [3.63, 3.8) is 0 Å². The lowest BCUT2D eigenvalue weighted by Gasteiger charge is -2.07. The summed E-state index contributed by atoms with van der Waals surface area (Å²) in [5.41, 5.74) is 0. The van der Waals surface area contributed by atoms with Gasteiger partial charge in [0.25, 0.3) is 0 Å². The zero-order valence-corrected chi connectivity index (χ0v) is 6.45. The molecule has 1 saturated carbocycles. The minimum absolute atomic E-state index is 0.157. The predicted octanol–water partition coefficient (Wildman–Crippen LogP) is 1.04. The molecule has 1 rings (SSSR count). The summed E-state index contributed by atoms with van der Waals surface area (Å²) in [6, 6.07) is 0. The van der Waals surface area contributed by atoms with Gasteiger partial charge in [-0.25, -0.2) is 0 Å². The largest absolute Gasteiger partial charge is 0.454 e. The van der Waals surface area contributed by atoms with E-state index >= 15 is 0 Å². The third-order valence-corrected chi connectivity index (χ3v) is 2.58. The van der Waals surface area contributed by atoms with Crippen LogP contribution in [0.2, 0.25) is 5.82 Å². The van der Waals surface area contributed by atoms with Gasteiger partial charge in [0.05, 0.1) is 0 Å². The van der Waals surface area contributed by atoms with E-state index in [2.05, 4.69) is 6.92 Å². The highest BCUT2D eigenvalue weighted by Gasteiger charge is 2.31. The van der Waals surface area contributed by atoms with Gasteiger partial charge >= 0.3 is 7.12 Å². The first-order valence-electron chi connectivity index (χ1n) is 4.10. The second kappa shape index (κ2) is 3.40. The zero-order chi connectivity index (χ0) is 7.56. The van der Waals surface area contributed by atoms with Crippen LogP contribution in [0.25, 0.3) is 0 Å². The molecule has 0 heterocycles. The Morgan fingerprint density at radius 1 is 1.40 bits per heavy atom. The van der Waals surface area contributed by atoms with E-state index in [1.807, 2.05) is 0 Å². The van der Waals surface area contributed by atoms with Gasteiger partial charge in [0, 0.05) is 0 Å². The van der Waals surface area contributed by atoms with E-state index in [1.165, 1.54) is 12.8 Å². The molecular weight excluding hydrogens is 127 g/mol. The molecule has 0 aromatic heterocycles. The molecule has 58 valence electrons. The van der Waals surface area contributed by atoms with Crippen LogP contribution in [0.3, 0.4) is 0 Å². The van der Waals surface area contributed by atoms with E-state index < -0.39 is 7.12 Å². The monoisotopic (exact) mass is 142 g/mol. The molecule has 2 nitrogen and oxygen atoms in total. The normalized spacial score (nSPS) is 32.7. The smallest absolute Gasteiger partial charge is 0.427 e. The second-order valence-corrected chi connectivity index (χ2v) is 3.26. The summed E-state index contributed by atoms with van der Waals surface area (Å²) in [4.78, 5) is 0. The summed E-state index contributed by atoms with van der Waals surface area (Å²) < 4.78 is 0. The Balaban J connectivity index is 2.28. The van der Waals surface area contributed by atoms with Crippen molar-refractivity contribution in [2.75, 3.05) is 0 Å². The fourth-order valence-corrected chi connectivity index (χ4v) is 1.76. The lowest BCUT2D eigenvalue weighted by molar-refractivity contribution is 0.381. The van der Waals surface area contributed by atoms with E-state index in [4.69, 9.17) is 10.0 Å². The van der Waals surface area contributed by atoms with Crippen LogP contribution in [-0.4, -0.2) is 17.2 Å². The van der Waals surface area contributed by atoms with Gasteiger partial charge in [-0.2, -0.15) is 0 Å². The van der Waals surface area contributed by atoms with Crippen molar-refractivity contribution in [1.29, 1.82) is 0 Å². The summed E-state index contributed by atoms with van der Waals surface area (Å²) in [5, 5.41) is 17.6. The Morgan fingerprint density at radius 3 is 2.40 bits per heavy atom. The molecule has 0 aromatic carbocycles. The molecule has 1 fully saturated rings. The Bertz CT molecular complexity index is 106. The van der Waals surface area contributed by atoms with Crippen LogP contribution in [0.4, 0.5) is 0 Å². The average Bonchev–Trinajstić information content (AvgIpc) is 2.34. The van der Waals surface area contributed by atoms with Gasteiger partial charge < -0.3 is 10.0 Å². The number of hydrogen-bond acceptors (Lipinski definition) is 2. The van der Waals surface area contributed by atoms with Crippen molar-refractivity contribution in [2.24, 2.45) is 5.92 Å². The Morgan fingerprint density at radius 2 is 2.10 bits per heavy atom. The van der Waals surface area contributed by atoms with Gasteiger partial charge in [-0.3, -0.25) is 0 Å². The topological polar surface area (TPSA) is 40.5 Å². The molecule has 10 heavy (non-hydrogen) atoms. The van der Waals surface area contributed by atoms with E-state index in [0.29, 0.717) is 0 Å². The van der Waals surface area contributed by atoms with E-state index in [-0.39, 0.29) is 5.82 Å². The molecule has 0 amide bonds. The fraction of sp³-hybridized carbons (Fsp3) is 1.00. The zero-order valence-electron chi connectivity index (χ0n) is 6.45. The maximum atomic E-state index is 8.82. The maximum absolute atomic E-state index is 8.82. The van der Waals surface area contributed by atoms with Crippen molar-refractivity contribution in [2.45, 2.75) is 38.4 Å². The van der Waals surface area contributed by atoms with Crippen molar-refractivity contribution in [1.82, 2.24) is 0 Å². The number of rotatable bonds is 2. The lowest BCUT2D eigenvalue weighted by Crippen LogP contribution is -2.17. The Labute approximate surface area is 62.4 Å². The first kappa shape index (κ1) is 8.09. The highest BCUT2D eigenvalue weighted by molar-refractivity contribution is 6.43. The summed E-state index contributed by atoms with van der Waals surface area (Å²) in [6.45, 7) is 2.16. The fourth-order valence-electron chi connectivity index (χ4n) is 1.76. The van der Waals surface area contributed by atoms with Gasteiger partial charge in [-0.15, -0.1) is 0 Å². The predicted molar refractivity (Wildman–Crippen MR) is 41.6 cm³/mol. The van der Waals surface area contributed by atoms with Crippen LogP contribution < -0.4 is 0 Å². The van der Waals surface area contributed by atoms with Crippen LogP contribution >= 0.6 is 0 Å². The molecule has 0 aliphatic heterocycles. The van der Waals surface area contributed by atoms with Crippen LogP contribution in [0.5, 0.6) is 0 Å². The molecule has 0 aromatic rings. The molecule has 0 radical (unpaired) electrons. The molecule has 0 spiro atoms. The van der Waals surface area contributed by atoms with Gasteiger partial charge in [0.15, 0.2) is 0 Å². The Hall–Kier alpha value is -0.0151. The molecular formula is C7H15BO2. The van der Waals surface area contributed by atoms with Crippen LogP contribution in [-0.2, 0) is 0 Å². The molecule has 0 saturated heterocycles.